The number of carbonyl (C=O) groups excluding carboxylic acids is 1. The molecule has 0 bridgehead atoms. The van der Waals surface area contributed by atoms with Crippen LogP contribution < -0.4 is 70.7 Å². The predicted molar refractivity (Wildman–Crippen MR) is 17.1 cm³/mol. The van der Waals surface area contributed by atoms with Crippen molar-refractivity contribution in [1.82, 2.24) is 6.15 Å². The first-order chi connectivity index (χ1) is 1.73. The van der Waals surface area contributed by atoms with E-state index < -0.39 is 6.16 Å². The van der Waals surface area contributed by atoms with Gasteiger partial charge in [0.25, 0.3) is 0 Å². The summed E-state index contributed by atoms with van der Waals surface area (Å²) in [7, 11) is 0. The van der Waals surface area contributed by atoms with Crippen LogP contribution in [0.4, 0.5) is 4.79 Å². The van der Waals surface area contributed by atoms with Crippen LogP contribution in [0, 0.1) is 0 Å². The Morgan fingerprint density at radius 3 is 1.11 bits per heavy atom. The van der Waals surface area contributed by atoms with Crippen LogP contribution >= 0.6 is 0 Å². The molecule has 0 amide bonds. The van der Waals surface area contributed by atoms with Crippen LogP contribution in [0.1, 0.15) is 0 Å². The minimum atomic E-state index is -2.33. The van der Waals surface area contributed by atoms with Gasteiger partial charge in [-0.15, -0.1) is 0 Å². The second-order valence-electron chi connectivity index (χ2n) is 0.250. The van der Waals surface area contributed by atoms with Crippen LogP contribution in [0.25, 0.3) is 0 Å². The van der Waals surface area contributed by atoms with Gasteiger partial charge in [0.2, 0.25) is 0 Å². The van der Waals surface area contributed by atoms with E-state index in [0.29, 0.717) is 0 Å². The fourth-order valence-corrected chi connectivity index (χ4v) is 0. The van der Waals surface area contributed by atoms with Gasteiger partial charge >= 0.3 is 67.3 Å². The predicted octanol–water partition coefficient (Wildman–Crippen LogP) is -11.4. The molecule has 0 spiro atoms. The van der Waals surface area contributed by atoms with Crippen LogP contribution in [0.2, 0.25) is 0 Å². The van der Waals surface area contributed by atoms with Crippen molar-refractivity contribution in [1.29, 1.82) is 0 Å². The Morgan fingerprint density at radius 2 is 1.11 bits per heavy atom. The maximum atomic E-state index is 8.33. The van der Waals surface area contributed by atoms with Gasteiger partial charge in [-0.25, -0.2) is 0 Å². The molecule has 48 valence electrons. The Hall–Kier alpha value is 2.07. The quantitative estimate of drug-likeness (QED) is 0.403. The van der Waals surface area contributed by atoms with Crippen molar-refractivity contribution in [3.05, 3.63) is 0 Å². The molecule has 0 aromatic heterocycles. The van der Waals surface area contributed by atoms with Gasteiger partial charge in [-0.3, -0.25) is 0 Å². The average molecular weight is 212 g/mol. The first kappa shape index (κ1) is 43.7. The van der Waals surface area contributed by atoms with Gasteiger partial charge in [0, 0.05) is 0 Å². The monoisotopic (exact) mass is 211 g/mol. The van der Waals surface area contributed by atoms with Crippen molar-refractivity contribution in [3.63, 3.8) is 0 Å². The molecule has 9 heavy (non-hydrogen) atoms. The molecule has 0 aliphatic heterocycles. The molecule has 0 aliphatic rings. The first-order valence-corrected chi connectivity index (χ1v) is 0.612. The molecule has 0 saturated carbocycles. The van der Waals surface area contributed by atoms with E-state index in [1.165, 1.54) is 0 Å². The van der Waals surface area contributed by atoms with Crippen molar-refractivity contribution in [2.24, 2.45) is 0 Å². The molecule has 4 N–H and O–H groups in total. The van der Waals surface area contributed by atoms with Crippen LogP contribution in [0.5, 0.6) is 0 Å². The summed E-state index contributed by atoms with van der Waals surface area (Å²) in [5.74, 6) is 0. The van der Waals surface area contributed by atoms with Gasteiger partial charge in [0.05, 0.1) is 0 Å². The van der Waals surface area contributed by atoms with Crippen LogP contribution in [0.15, 0.2) is 0 Å². The number of hydrogen-bond donors (Lipinski definition) is 1. The Labute approximate surface area is 117 Å². The zero-order chi connectivity index (χ0) is 3.58. The fraction of sp³-hybridized carbons (Fsp3) is 0. The van der Waals surface area contributed by atoms with Gasteiger partial charge in [0.15, 0.2) is 0 Å². The van der Waals surface area contributed by atoms with E-state index in [-0.39, 0.29) is 98.3 Å². The molecule has 0 aliphatic carbocycles. The third-order valence-corrected chi connectivity index (χ3v) is 0. The fourth-order valence-electron chi connectivity index (χ4n) is 0. The Morgan fingerprint density at radius 1 is 1.11 bits per heavy atom. The van der Waals surface area contributed by atoms with E-state index in [2.05, 4.69) is 0 Å². The number of hydrogen-bond acceptors (Lipinski definition) is 3. The molecule has 0 fully saturated rings. The van der Waals surface area contributed by atoms with Crippen molar-refractivity contribution >= 4 is 43.9 Å². The van der Waals surface area contributed by atoms with Gasteiger partial charge in [-0.1, -0.05) is 0 Å². The second kappa shape index (κ2) is 32.2. The molecule has 0 aromatic carbocycles. The number of rotatable bonds is 0. The summed E-state index contributed by atoms with van der Waals surface area (Å²) in [6, 6.07) is 0. The van der Waals surface area contributed by atoms with E-state index in [9.17, 15) is 0 Å². The Balaban J connectivity index is -0.00000000450. The summed E-state index contributed by atoms with van der Waals surface area (Å²) in [6.07, 6.45) is -2.33. The third-order valence-electron chi connectivity index (χ3n) is 0. The largest absolute Gasteiger partial charge is 2.00 e. The standard InChI is InChI=1S/CH2O3.Ca.2ClH.H3N.Na/c2-1(3)4;;;;;/h(H2,2,3,4);;2*1H;1H3;/q;+2;;;;+1/p-3. The van der Waals surface area contributed by atoms with E-state index in [0.717, 1.165) is 0 Å². The van der Waals surface area contributed by atoms with E-state index in [4.69, 9.17) is 15.0 Å². The first-order valence-electron chi connectivity index (χ1n) is 0.612. The minimum absolute atomic E-state index is 0. The van der Waals surface area contributed by atoms with Crippen LogP contribution in [0.3, 0.4) is 0 Å². The molecule has 0 unspecified atom stereocenters. The van der Waals surface area contributed by atoms with Crippen molar-refractivity contribution < 1.29 is 69.4 Å². The van der Waals surface area contributed by atoms with Gasteiger partial charge in [-0.2, -0.15) is 0 Å². The Bertz CT molecular complexity index is 44.8. The molecular weight excluding hydrogens is 208 g/mol. The zero-order valence-electron chi connectivity index (χ0n) is 5.19. The summed E-state index contributed by atoms with van der Waals surface area (Å²) >= 11 is 0. The van der Waals surface area contributed by atoms with E-state index >= 15 is 0 Å². The molecule has 0 radical (unpaired) electrons. The Kier molecular flexibility index (Phi) is 156. The molecule has 0 saturated heterocycles. The van der Waals surface area contributed by atoms with Gasteiger partial charge < -0.3 is 46.0 Å². The number of carbonyl (C=O) groups is 1. The number of carboxylic acid groups (broad SMARTS) is 2. The minimum Gasteiger partial charge on any atom is -1.00 e. The van der Waals surface area contributed by atoms with Crippen molar-refractivity contribution in [2.45, 2.75) is 0 Å². The average Bonchev–Trinajstić information content (AvgIpc) is 0.811. The molecule has 8 heteroatoms. The molecule has 4 nitrogen and oxygen atoms in total. The van der Waals surface area contributed by atoms with Crippen LogP contribution in [-0.2, 0) is 0 Å². The van der Waals surface area contributed by atoms with Crippen molar-refractivity contribution in [2.75, 3.05) is 0 Å². The smallest absolute Gasteiger partial charge is 1.00 e. The molecule has 0 aromatic rings. The molecule has 0 atom stereocenters. The molecule has 0 rings (SSSR count). The summed E-state index contributed by atoms with van der Waals surface area (Å²) in [5, 5.41) is 16.7. The second-order valence-corrected chi connectivity index (χ2v) is 0.250. The normalized spacial score (nSPS) is 2.67. The number of quaternary nitrogens is 1. The number of halogens is 2. The maximum Gasteiger partial charge on any atom is 2.00 e. The van der Waals surface area contributed by atoms with Gasteiger partial charge in [-0.05, 0) is 6.16 Å². The van der Waals surface area contributed by atoms with Gasteiger partial charge in [0.1, 0.15) is 0 Å². The van der Waals surface area contributed by atoms with E-state index in [1.54, 1.807) is 0 Å². The van der Waals surface area contributed by atoms with E-state index in [1.807, 2.05) is 0 Å². The third kappa shape index (κ3) is 153. The van der Waals surface area contributed by atoms with Crippen LogP contribution in [-0.4, -0.2) is 43.9 Å². The summed E-state index contributed by atoms with van der Waals surface area (Å²) in [4.78, 5) is 8.33. The zero-order valence-corrected chi connectivity index (χ0v) is 10.9. The summed E-state index contributed by atoms with van der Waals surface area (Å²) < 4.78 is 0. The molecular formula is CH4CaCl2NNaO3. The topological polar surface area (TPSA) is 99.7 Å². The molecule has 0 heterocycles. The van der Waals surface area contributed by atoms with Crippen molar-refractivity contribution in [3.8, 4) is 0 Å². The SMILES string of the molecule is O=C([O-])[O-].[Ca+2].[Cl-].[Cl-].[NH4+].[Na+]. The summed E-state index contributed by atoms with van der Waals surface area (Å²) in [6.45, 7) is 0. The maximum absolute atomic E-state index is 8.33. The summed E-state index contributed by atoms with van der Waals surface area (Å²) in [5.41, 5.74) is 0.